The average Bonchev–Trinajstić information content (AvgIpc) is 3.58. The summed E-state index contributed by atoms with van der Waals surface area (Å²) >= 11 is 1.70. The fourth-order valence-corrected chi connectivity index (χ4v) is 6.57. The Morgan fingerprint density at radius 2 is 1.32 bits per heavy atom. The number of thiophene rings is 1. The van der Waals surface area contributed by atoms with Crippen molar-refractivity contribution in [2.75, 3.05) is 0 Å². The van der Waals surface area contributed by atoms with Gasteiger partial charge >= 0.3 is 0 Å². The van der Waals surface area contributed by atoms with Crippen molar-refractivity contribution in [3.63, 3.8) is 0 Å². The van der Waals surface area contributed by atoms with Crippen LogP contribution < -0.4 is 0 Å². The molecule has 0 radical (unpaired) electrons. The minimum Gasteiger partial charge on any atom is -0.355 e. The van der Waals surface area contributed by atoms with Crippen molar-refractivity contribution >= 4 is 53.3 Å². The van der Waals surface area contributed by atoms with E-state index in [1.165, 1.54) is 5.39 Å². The summed E-state index contributed by atoms with van der Waals surface area (Å²) in [6.45, 7) is 0. The van der Waals surface area contributed by atoms with Gasteiger partial charge in [0.1, 0.15) is 0 Å². The molecule has 0 bridgehead atoms. The monoisotopic (exact) mass is 529 g/mol. The molecule has 0 atom stereocenters. The molecule has 186 valence electrons. The molecule has 1 N–H and O–H groups in total. The van der Waals surface area contributed by atoms with E-state index in [4.69, 9.17) is 15.0 Å². The van der Waals surface area contributed by atoms with E-state index in [1.807, 2.05) is 60.7 Å². The fourth-order valence-electron chi connectivity index (χ4n) is 5.37. The van der Waals surface area contributed by atoms with E-state index < -0.39 is 0 Å². The molecule has 0 unspecified atom stereocenters. The summed E-state index contributed by atoms with van der Waals surface area (Å²) in [6, 6.07) is 39.0. The van der Waals surface area contributed by atoms with E-state index in [9.17, 15) is 5.26 Å². The van der Waals surface area contributed by atoms with Gasteiger partial charge in [-0.05, 0) is 48.5 Å². The zero-order valence-corrected chi connectivity index (χ0v) is 21.9. The molecule has 0 saturated heterocycles. The molecule has 0 spiro atoms. The van der Waals surface area contributed by atoms with Crippen molar-refractivity contribution in [1.29, 1.82) is 5.26 Å². The number of nitrogens with one attached hydrogen (secondary N) is 1. The highest BCUT2D eigenvalue weighted by Gasteiger charge is 2.17. The number of hydrogen-bond donors (Lipinski definition) is 1. The van der Waals surface area contributed by atoms with Crippen molar-refractivity contribution in [1.82, 2.24) is 19.9 Å². The maximum absolute atomic E-state index is 9.45. The van der Waals surface area contributed by atoms with Gasteiger partial charge in [-0.3, -0.25) is 0 Å². The van der Waals surface area contributed by atoms with E-state index >= 15 is 0 Å². The minimum atomic E-state index is 0.625. The summed E-state index contributed by atoms with van der Waals surface area (Å²) in [5.74, 6) is 1.88. The Balaban J connectivity index is 1.38. The Morgan fingerprint density at radius 3 is 2.20 bits per heavy atom. The first-order valence-electron chi connectivity index (χ1n) is 12.9. The van der Waals surface area contributed by atoms with Gasteiger partial charge in [-0.15, -0.1) is 11.3 Å². The third-order valence-electron chi connectivity index (χ3n) is 7.30. The molecule has 6 heteroatoms. The van der Waals surface area contributed by atoms with E-state index in [1.54, 1.807) is 11.3 Å². The summed E-state index contributed by atoms with van der Waals surface area (Å²) in [7, 11) is 0. The van der Waals surface area contributed by atoms with Crippen molar-refractivity contribution in [3.05, 3.63) is 115 Å². The molecule has 0 amide bonds. The highest BCUT2D eigenvalue weighted by molar-refractivity contribution is 7.26. The number of nitriles is 1. The Kier molecular flexibility index (Phi) is 4.99. The van der Waals surface area contributed by atoms with E-state index in [2.05, 4.69) is 59.6 Å². The summed E-state index contributed by atoms with van der Waals surface area (Å²) in [4.78, 5) is 18.5. The van der Waals surface area contributed by atoms with Gasteiger partial charge in [0.15, 0.2) is 17.5 Å². The number of nitrogens with zero attached hydrogens (tertiary/aromatic N) is 4. The highest BCUT2D eigenvalue weighted by atomic mass is 32.1. The van der Waals surface area contributed by atoms with Gasteiger partial charge in [0, 0.05) is 58.7 Å². The molecule has 0 aliphatic heterocycles. The van der Waals surface area contributed by atoms with Crippen LogP contribution in [0, 0.1) is 11.3 Å². The van der Waals surface area contributed by atoms with Crippen molar-refractivity contribution in [2.45, 2.75) is 0 Å². The molecule has 0 aliphatic rings. The Labute approximate surface area is 233 Å². The number of H-pyrrole nitrogens is 1. The summed E-state index contributed by atoms with van der Waals surface area (Å²) < 4.78 is 2.22. The SMILES string of the molecule is N#Cc1ccc2sc3c(-c4nc(-c5ccccc5)nc(-c5ccc6[nH]c7ccccc7c6c5)n4)cccc3c2c1. The number of hydrogen-bond acceptors (Lipinski definition) is 5. The Bertz CT molecular complexity index is 2290. The molecule has 8 aromatic rings. The number of fused-ring (bicyclic) bond motifs is 6. The second-order valence-electron chi connectivity index (χ2n) is 9.71. The van der Waals surface area contributed by atoms with Gasteiger partial charge < -0.3 is 4.98 Å². The molecule has 8 rings (SSSR count). The predicted octanol–water partition coefficient (Wildman–Crippen LogP) is 8.75. The van der Waals surface area contributed by atoms with Crippen LogP contribution in [0.3, 0.4) is 0 Å². The van der Waals surface area contributed by atoms with E-state index in [-0.39, 0.29) is 0 Å². The van der Waals surface area contributed by atoms with Crippen LogP contribution in [0.15, 0.2) is 109 Å². The molecule has 5 aromatic carbocycles. The molecule has 0 saturated carbocycles. The molecule has 5 nitrogen and oxygen atoms in total. The molecule has 0 aliphatic carbocycles. The van der Waals surface area contributed by atoms with Crippen molar-refractivity contribution in [3.8, 4) is 40.2 Å². The van der Waals surface area contributed by atoms with Crippen LogP contribution in [-0.2, 0) is 0 Å². The largest absolute Gasteiger partial charge is 0.355 e. The van der Waals surface area contributed by atoms with Crippen LogP contribution in [-0.4, -0.2) is 19.9 Å². The second-order valence-corrected chi connectivity index (χ2v) is 10.8. The third kappa shape index (κ3) is 3.57. The molecular formula is C34H19N5S. The van der Waals surface area contributed by atoms with Crippen LogP contribution in [0.1, 0.15) is 5.56 Å². The first-order valence-corrected chi connectivity index (χ1v) is 13.7. The lowest BCUT2D eigenvalue weighted by molar-refractivity contribution is 1.08. The zero-order chi connectivity index (χ0) is 26.6. The first-order chi connectivity index (χ1) is 19.7. The lowest BCUT2D eigenvalue weighted by Gasteiger charge is -2.09. The quantitative estimate of drug-likeness (QED) is 0.248. The molecule has 40 heavy (non-hydrogen) atoms. The molecule has 0 fully saturated rings. The van der Waals surface area contributed by atoms with Gasteiger partial charge in [-0.2, -0.15) is 5.26 Å². The molecule has 3 aromatic heterocycles. The maximum Gasteiger partial charge on any atom is 0.165 e. The Morgan fingerprint density at radius 1 is 0.575 bits per heavy atom. The number of para-hydroxylation sites is 1. The van der Waals surface area contributed by atoms with Gasteiger partial charge in [-0.25, -0.2) is 15.0 Å². The number of rotatable bonds is 3. The van der Waals surface area contributed by atoms with E-state index in [0.29, 0.717) is 23.0 Å². The predicted molar refractivity (Wildman–Crippen MR) is 163 cm³/mol. The highest BCUT2D eigenvalue weighted by Crippen LogP contribution is 2.40. The zero-order valence-electron chi connectivity index (χ0n) is 21.1. The van der Waals surface area contributed by atoms with Crippen LogP contribution >= 0.6 is 11.3 Å². The smallest absolute Gasteiger partial charge is 0.165 e. The van der Waals surface area contributed by atoms with Crippen LogP contribution in [0.25, 0.3) is 76.1 Å². The summed E-state index contributed by atoms with van der Waals surface area (Å²) in [6.07, 6.45) is 0. The first kappa shape index (κ1) is 22.6. The topological polar surface area (TPSA) is 78.2 Å². The van der Waals surface area contributed by atoms with Gasteiger partial charge in [0.05, 0.1) is 11.6 Å². The maximum atomic E-state index is 9.45. The lowest BCUT2D eigenvalue weighted by Crippen LogP contribution is -2.00. The number of benzene rings is 5. The number of aromatic nitrogens is 4. The van der Waals surface area contributed by atoms with Gasteiger partial charge in [-0.1, -0.05) is 60.7 Å². The van der Waals surface area contributed by atoms with Gasteiger partial charge in [0.2, 0.25) is 0 Å². The normalized spacial score (nSPS) is 11.5. The Hall–Kier alpha value is -5.38. The summed E-state index contributed by atoms with van der Waals surface area (Å²) in [5, 5.41) is 13.9. The minimum absolute atomic E-state index is 0.625. The van der Waals surface area contributed by atoms with Crippen LogP contribution in [0.2, 0.25) is 0 Å². The molecule has 3 heterocycles. The van der Waals surface area contributed by atoms with Crippen LogP contribution in [0.4, 0.5) is 0 Å². The van der Waals surface area contributed by atoms with Crippen molar-refractivity contribution in [2.24, 2.45) is 0 Å². The fraction of sp³-hybridized carbons (Fsp3) is 0. The number of aromatic amines is 1. The summed E-state index contributed by atoms with van der Waals surface area (Å²) in [5.41, 5.74) is 5.65. The van der Waals surface area contributed by atoms with Gasteiger partial charge in [0.25, 0.3) is 0 Å². The molecular weight excluding hydrogens is 510 g/mol. The van der Waals surface area contributed by atoms with Crippen LogP contribution in [0.5, 0.6) is 0 Å². The van der Waals surface area contributed by atoms with Crippen molar-refractivity contribution < 1.29 is 0 Å². The third-order valence-corrected chi connectivity index (χ3v) is 8.52. The standard InChI is InChI=1S/C34H19N5S/c35-19-20-13-16-30-27(17-20)24-10-6-11-25(31(24)40-30)34-38-32(21-7-2-1-3-8-21)37-33(39-34)22-14-15-29-26(18-22)23-9-4-5-12-28(23)36-29/h1-18,36H. The average molecular weight is 530 g/mol. The van der Waals surface area contributed by atoms with E-state index in [0.717, 1.165) is 53.3 Å². The lowest BCUT2D eigenvalue weighted by atomic mass is 10.1. The second kappa shape index (κ2) is 8.84.